The van der Waals surface area contributed by atoms with Crippen LogP contribution in [0, 0.1) is 6.92 Å². The summed E-state index contributed by atoms with van der Waals surface area (Å²) in [4.78, 5) is 14.4. The first-order valence-corrected chi connectivity index (χ1v) is 9.83. The van der Waals surface area contributed by atoms with Crippen molar-refractivity contribution in [3.05, 3.63) is 81.8 Å². The molecular formula is C21H18ClN3OS. The van der Waals surface area contributed by atoms with Crippen LogP contribution in [0.3, 0.4) is 0 Å². The van der Waals surface area contributed by atoms with Crippen molar-refractivity contribution in [1.29, 1.82) is 0 Å². The molecule has 0 unspecified atom stereocenters. The van der Waals surface area contributed by atoms with Crippen molar-refractivity contribution in [2.24, 2.45) is 0 Å². The lowest BCUT2D eigenvalue weighted by Gasteiger charge is -2.13. The van der Waals surface area contributed by atoms with Gasteiger partial charge < -0.3 is 5.32 Å². The number of hydrogen-bond acceptors (Lipinski definition) is 3. The molecular weight excluding hydrogens is 378 g/mol. The monoisotopic (exact) mass is 395 g/mol. The maximum Gasteiger partial charge on any atom is 0.261 e. The van der Waals surface area contributed by atoms with Gasteiger partial charge in [-0.05, 0) is 49.7 Å². The molecule has 0 saturated heterocycles. The number of rotatable bonds is 4. The highest BCUT2D eigenvalue weighted by atomic mass is 35.5. The molecule has 0 bridgehead atoms. The number of nitrogens with one attached hydrogen (secondary N) is 1. The fourth-order valence-corrected chi connectivity index (χ4v) is 4.22. The van der Waals surface area contributed by atoms with E-state index in [0.717, 1.165) is 27.2 Å². The number of amides is 1. The first kappa shape index (κ1) is 17.8. The first-order valence-electron chi connectivity index (χ1n) is 8.64. The lowest BCUT2D eigenvalue weighted by molar-refractivity contribution is 0.0944. The predicted molar refractivity (Wildman–Crippen MR) is 111 cm³/mol. The molecule has 1 atom stereocenters. The van der Waals surface area contributed by atoms with Crippen molar-refractivity contribution < 1.29 is 4.79 Å². The van der Waals surface area contributed by atoms with Crippen LogP contribution < -0.4 is 5.32 Å². The number of aromatic nitrogens is 2. The van der Waals surface area contributed by atoms with Gasteiger partial charge in [0.2, 0.25) is 0 Å². The average Bonchev–Trinajstić information content (AvgIpc) is 3.24. The summed E-state index contributed by atoms with van der Waals surface area (Å²) in [7, 11) is 0. The van der Waals surface area contributed by atoms with Gasteiger partial charge in [-0.25, -0.2) is 4.68 Å². The number of carbonyl (C=O) groups excluding carboxylic acids is 1. The third-order valence-electron chi connectivity index (χ3n) is 4.49. The number of halogens is 1. The minimum atomic E-state index is -0.0744. The zero-order valence-corrected chi connectivity index (χ0v) is 16.5. The van der Waals surface area contributed by atoms with Gasteiger partial charge >= 0.3 is 0 Å². The summed E-state index contributed by atoms with van der Waals surface area (Å²) >= 11 is 7.43. The van der Waals surface area contributed by atoms with Crippen LogP contribution in [0.15, 0.2) is 60.7 Å². The van der Waals surface area contributed by atoms with Crippen molar-refractivity contribution >= 4 is 39.1 Å². The smallest absolute Gasteiger partial charge is 0.261 e. The van der Waals surface area contributed by atoms with Crippen molar-refractivity contribution in [1.82, 2.24) is 15.1 Å². The van der Waals surface area contributed by atoms with Gasteiger partial charge in [-0.15, -0.1) is 11.3 Å². The van der Waals surface area contributed by atoms with E-state index in [1.807, 2.05) is 79.2 Å². The second kappa shape index (κ2) is 7.18. The van der Waals surface area contributed by atoms with Gasteiger partial charge in [-0.1, -0.05) is 41.9 Å². The van der Waals surface area contributed by atoms with Gasteiger partial charge in [0, 0.05) is 10.4 Å². The molecule has 4 rings (SSSR count). The normalized spacial score (nSPS) is 12.3. The van der Waals surface area contributed by atoms with E-state index in [1.165, 1.54) is 11.3 Å². The molecule has 1 amide bonds. The highest BCUT2D eigenvalue weighted by molar-refractivity contribution is 7.20. The topological polar surface area (TPSA) is 46.9 Å². The molecule has 4 aromatic rings. The quantitative estimate of drug-likeness (QED) is 0.493. The molecule has 0 aliphatic rings. The van der Waals surface area contributed by atoms with Gasteiger partial charge in [-0.3, -0.25) is 4.79 Å². The molecule has 4 nitrogen and oxygen atoms in total. The van der Waals surface area contributed by atoms with E-state index in [-0.39, 0.29) is 11.9 Å². The summed E-state index contributed by atoms with van der Waals surface area (Å²) in [5.41, 5.74) is 2.89. The Morgan fingerprint density at radius 1 is 1.15 bits per heavy atom. The first-order chi connectivity index (χ1) is 13.0. The molecule has 2 heterocycles. The summed E-state index contributed by atoms with van der Waals surface area (Å²) in [5, 5.41) is 9.36. The Balaban J connectivity index is 1.64. The number of thiophene rings is 1. The molecule has 0 fully saturated rings. The Labute approximate surface area is 166 Å². The van der Waals surface area contributed by atoms with E-state index >= 15 is 0 Å². The maximum atomic E-state index is 12.8. The molecule has 2 aromatic heterocycles. The maximum absolute atomic E-state index is 12.8. The lowest BCUT2D eigenvalue weighted by atomic mass is 10.1. The highest BCUT2D eigenvalue weighted by Crippen LogP contribution is 2.31. The van der Waals surface area contributed by atoms with Crippen molar-refractivity contribution in [2.75, 3.05) is 0 Å². The predicted octanol–water partition coefficient (Wildman–Crippen LogP) is 5.54. The molecule has 0 radical (unpaired) electrons. The van der Waals surface area contributed by atoms with Crippen LogP contribution in [-0.4, -0.2) is 15.7 Å². The third-order valence-corrected chi connectivity index (χ3v) is 5.85. The second-order valence-corrected chi connectivity index (χ2v) is 7.88. The number of fused-ring (bicyclic) bond motifs is 1. The molecule has 6 heteroatoms. The third kappa shape index (κ3) is 3.48. The van der Waals surface area contributed by atoms with Gasteiger partial charge in [0.05, 0.1) is 22.3 Å². The van der Waals surface area contributed by atoms with Crippen LogP contribution >= 0.6 is 22.9 Å². The van der Waals surface area contributed by atoms with Gasteiger partial charge in [-0.2, -0.15) is 5.10 Å². The second-order valence-electron chi connectivity index (χ2n) is 6.41. The van der Waals surface area contributed by atoms with E-state index < -0.39 is 0 Å². The van der Waals surface area contributed by atoms with Gasteiger partial charge in [0.15, 0.2) is 0 Å². The number of aryl methyl sites for hydroxylation is 1. The number of hydrogen-bond donors (Lipinski definition) is 1. The van der Waals surface area contributed by atoms with Crippen LogP contribution in [0.2, 0.25) is 5.02 Å². The van der Waals surface area contributed by atoms with Gasteiger partial charge in [0.1, 0.15) is 4.83 Å². The number of nitrogens with zero attached hydrogens (tertiary/aromatic N) is 2. The lowest BCUT2D eigenvalue weighted by Crippen LogP contribution is -2.25. The molecule has 1 N–H and O–H groups in total. The fourth-order valence-electron chi connectivity index (χ4n) is 3.01. The van der Waals surface area contributed by atoms with Crippen molar-refractivity contribution in [3.63, 3.8) is 0 Å². The molecule has 136 valence electrons. The summed E-state index contributed by atoms with van der Waals surface area (Å²) in [6.07, 6.45) is 0. The van der Waals surface area contributed by atoms with Crippen LogP contribution in [0.25, 0.3) is 15.9 Å². The summed E-state index contributed by atoms with van der Waals surface area (Å²) < 4.78 is 1.86. The van der Waals surface area contributed by atoms with Crippen LogP contribution in [-0.2, 0) is 0 Å². The average molecular weight is 396 g/mol. The zero-order chi connectivity index (χ0) is 19.0. The van der Waals surface area contributed by atoms with E-state index in [9.17, 15) is 4.79 Å². The van der Waals surface area contributed by atoms with E-state index in [1.54, 1.807) is 0 Å². The number of carbonyl (C=O) groups is 1. The SMILES string of the molecule is Cc1nn(-c2ccc(Cl)cc2)c2sc(C(=O)N[C@@H](C)c3ccccc3)cc12. The van der Waals surface area contributed by atoms with E-state index in [4.69, 9.17) is 11.6 Å². The highest BCUT2D eigenvalue weighted by Gasteiger charge is 2.18. The molecule has 0 aliphatic carbocycles. The Kier molecular flexibility index (Phi) is 4.72. The summed E-state index contributed by atoms with van der Waals surface area (Å²) in [5.74, 6) is -0.0744. The molecule has 27 heavy (non-hydrogen) atoms. The number of benzene rings is 2. The van der Waals surface area contributed by atoms with Gasteiger partial charge in [0.25, 0.3) is 5.91 Å². The summed E-state index contributed by atoms with van der Waals surface area (Å²) in [6, 6.07) is 19.3. The minimum Gasteiger partial charge on any atom is -0.345 e. The van der Waals surface area contributed by atoms with Crippen LogP contribution in [0.5, 0.6) is 0 Å². The zero-order valence-electron chi connectivity index (χ0n) is 14.9. The van der Waals surface area contributed by atoms with Crippen molar-refractivity contribution in [2.45, 2.75) is 19.9 Å². The minimum absolute atomic E-state index is 0.0576. The largest absolute Gasteiger partial charge is 0.345 e. The van der Waals surface area contributed by atoms with E-state index in [0.29, 0.717) is 9.90 Å². The van der Waals surface area contributed by atoms with Crippen molar-refractivity contribution in [3.8, 4) is 5.69 Å². The van der Waals surface area contributed by atoms with Crippen LogP contribution in [0.1, 0.15) is 33.9 Å². The fraction of sp³-hybridized carbons (Fsp3) is 0.143. The molecule has 0 saturated carbocycles. The molecule has 2 aromatic carbocycles. The molecule has 0 aliphatic heterocycles. The Morgan fingerprint density at radius 2 is 1.85 bits per heavy atom. The Bertz CT molecular complexity index is 1100. The van der Waals surface area contributed by atoms with E-state index in [2.05, 4.69) is 10.4 Å². The van der Waals surface area contributed by atoms with Crippen LogP contribution in [0.4, 0.5) is 0 Å². The molecule has 0 spiro atoms. The summed E-state index contributed by atoms with van der Waals surface area (Å²) in [6.45, 7) is 3.94. The standard InChI is InChI=1S/C21H18ClN3OS/c1-13(15-6-4-3-5-7-15)23-20(26)19-12-18-14(2)24-25(21(18)27-19)17-10-8-16(22)9-11-17/h3-13H,1-2H3,(H,23,26)/t13-/m0/s1. The Morgan fingerprint density at radius 3 is 2.56 bits per heavy atom. The Hall–Kier alpha value is -2.63.